The molecule has 5 rings (SSSR count). The molecule has 2 aliphatic heterocycles. The van der Waals surface area contributed by atoms with Gasteiger partial charge in [-0.25, -0.2) is 0 Å². The smallest absolute Gasteiger partial charge is 0.0928 e. The number of aromatic nitrogens is 1. The summed E-state index contributed by atoms with van der Waals surface area (Å²) in [6, 6.07) is 21.2. The van der Waals surface area contributed by atoms with Crippen molar-refractivity contribution in [3.8, 4) is 0 Å². The van der Waals surface area contributed by atoms with Crippen molar-refractivity contribution in [3.05, 3.63) is 78.0 Å². The van der Waals surface area contributed by atoms with Gasteiger partial charge in [-0.05, 0) is 36.1 Å². The average molecular weight is 360 g/mol. The summed E-state index contributed by atoms with van der Waals surface area (Å²) in [4.78, 5) is 6.99. The van der Waals surface area contributed by atoms with Crippen LogP contribution in [0.5, 0.6) is 0 Å². The Balaban J connectivity index is 1.44. The number of fused-ring (bicyclic) bond motifs is 3. The van der Waals surface area contributed by atoms with Crippen molar-refractivity contribution in [1.82, 2.24) is 9.88 Å². The quantitative estimate of drug-likeness (QED) is 0.777. The van der Waals surface area contributed by atoms with Gasteiger partial charge in [0.15, 0.2) is 0 Å². The van der Waals surface area contributed by atoms with Gasteiger partial charge in [0.2, 0.25) is 0 Å². The summed E-state index contributed by atoms with van der Waals surface area (Å²) >= 11 is 0. The van der Waals surface area contributed by atoms with Crippen LogP contribution in [0.3, 0.4) is 0 Å². The molecule has 0 radical (unpaired) electrons. The number of piperidine rings is 1. The molecule has 2 atom stereocenters. The number of morpholine rings is 1. The molecule has 0 saturated carbocycles. The minimum Gasteiger partial charge on any atom is -0.385 e. The molecular weight excluding hydrogens is 336 g/mol. The third-order valence-corrected chi connectivity index (χ3v) is 6.06. The number of rotatable bonds is 3. The van der Waals surface area contributed by atoms with Gasteiger partial charge in [0.05, 0.1) is 24.3 Å². The fraction of sp³-hybridized carbons (Fsp3) is 0.348. The Kier molecular flexibility index (Phi) is 4.20. The summed E-state index contributed by atoms with van der Waals surface area (Å²) in [5, 5.41) is 12.7. The molecule has 2 fully saturated rings. The van der Waals surface area contributed by atoms with Crippen LogP contribution in [-0.4, -0.2) is 40.3 Å². The standard InChI is InChI=1S/C23H24N2O2/c26-23(19-9-8-18-7-4-10-24-22(18)11-19)12-20-15-27-16-21(13-23)25(20)14-17-5-2-1-3-6-17/h1-11,20-21,26H,12-16H2. The van der Waals surface area contributed by atoms with E-state index in [2.05, 4.69) is 64.5 Å². The van der Waals surface area contributed by atoms with Gasteiger partial charge < -0.3 is 9.84 Å². The largest absolute Gasteiger partial charge is 0.385 e. The molecule has 2 bridgehead atoms. The van der Waals surface area contributed by atoms with Gasteiger partial charge in [0.25, 0.3) is 0 Å². The van der Waals surface area contributed by atoms with Crippen LogP contribution in [-0.2, 0) is 16.9 Å². The normalized spacial score (nSPS) is 28.3. The second-order valence-electron chi connectivity index (χ2n) is 7.85. The van der Waals surface area contributed by atoms with E-state index in [0.29, 0.717) is 26.1 Å². The molecule has 0 spiro atoms. The first-order valence-electron chi connectivity index (χ1n) is 9.66. The second kappa shape index (κ2) is 6.71. The maximum absolute atomic E-state index is 11.6. The number of benzene rings is 2. The molecule has 2 aliphatic rings. The fourth-order valence-corrected chi connectivity index (χ4v) is 4.69. The Morgan fingerprint density at radius 3 is 2.56 bits per heavy atom. The van der Waals surface area contributed by atoms with Crippen molar-refractivity contribution in [2.75, 3.05) is 13.2 Å². The van der Waals surface area contributed by atoms with Crippen LogP contribution in [0.4, 0.5) is 0 Å². The lowest BCUT2D eigenvalue weighted by Crippen LogP contribution is -2.60. The highest BCUT2D eigenvalue weighted by atomic mass is 16.5. The van der Waals surface area contributed by atoms with Gasteiger partial charge >= 0.3 is 0 Å². The van der Waals surface area contributed by atoms with Gasteiger partial charge in [-0.3, -0.25) is 9.88 Å². The molecular formula is C23H24N2O2. The van der Waals surface area contributed by atoms with Crippen LogP contribution < -0.4 is 0 Å². The molecule has 138 valence electrons. The second-order valence-corrected chi connectivity index (χ2v) is 7.85. The van der Waals surface area contributed by atoms with Crippen molar-refractivity contribution in [2.45, 2.75) is 37.1 Å². The van der Waals surface area contributed by atoms with Crippen LogP contribution in [0, 0.1) is 0 Å². The molecule has 3 aromatic rings. The Morgan fingerprint density at radius 1 is 1.00 bits per heavy atom. The summed E-state index contributed by atoms with van der Waals surface area (Å²) in [7, 11) is 0. The number of aliphatic hydroxyl groups is 1. The van der Waals surface area contributed by atoms with E-state index in [1.807, 2.05) is 6.07 Å². The molecule has 1 N–H and O–H groups in total. The monoisotopic (exact) mass is 360 g/mol. The van der Waals surface area contributed by atoms with E-state index in [0.717, 1.165) is 23.0 Å². The van der Waals surface area contributed by atoms with Gasteiger partial charge in [-0.15, -0.1) is 0 Å². The predicted molar refractivity (Wildman–Crippen MR) is 105 cm³/mol. The van der Waals surface area contributed by atoms with Crippen LogP contribution in [0.1, 0.15) is 24.0 Å². The van der Waals surface area contributed by atoms with E-state index in [-0.39, 0.29) is 12.1 Å². The van der Waals surface area contributed by atoms with E-state index in [9.17, 15) is 5.11 Å². The molecule has 0 aliphatic carbocycles. The first-order chi connectivity index (χ1) is 13.2. The van der Waals surface area contributed by atoms with Gasteiger partial charge in [0, 0.05) is 30.2 Å². The maximum Gasteiger partial charge on any atom is 0.0928 e. The number of hydrogen-bond acceptors (Lipinski definition) is 4. The van der Waals surface area contributed by atoms with Gasteiger partial charge in [0.1, 0.15) is 0 Å². The fourth-order valence-electron chi connectivity index (χ4n) is 4.69. The summed E-state index contributed by atoms with van der Waals surface area (Å²) in [6.07, 6.45) is 3.19. The van der Waals surface area contributed by atoms with E-state index in [1.54, 1.807) is 6.20 Å². The third kappa shape index (κ3) is 3.14. The number of nitrogens with zero attached hydrogens (tertiary/aromatic N) is 2. The third-order valence-electron chi connectivity index (χ3n) is 6.06. The first-order valence-corrected chi connectivity index (χ1v) is 9.66. The lowest BCUT2D eigenvalue weighted by atomic mass is 9.76. The Hall–Kier alpha value is -2.27. The summed E-state index contributed by atoms with van der Waals surface area (Å²) in [5.41, 5.74) is 2.41. The van der Waals surface area contributed by atoms with Gasteiger partial charge in [-0.1, -0.05) is 48.5 Å². The average Bonchev–Trinajstić information content (AvgIpc) is 2.69. The molecule has 4 nitrogen and oxygen atoms in total. The minimum absolute atomic E-state index is 0.224. The predicted octanol–water partition coefficient (Wildman–Crippen LogP) is 3.49. The van der Waals surface area contributed by atoms with Crippen LogP contribution in [0.25, 0.3) is 10.9 Å². The molecule has 0 amide bonds. The van der Waals surface area contributed by atoms with E-state index < -0.39 is 5.60 Å². The van der Waals surface area contributed by atoms with E-state index in [4.69, 9.17) is 4.74 Å². The van der Waals surface area contributed by atoms with Gasteiger partial charge in [-0.2, -0.15) is 0 Å². The molecule has 2 unspecified atom stereocenters. The van der Waals surface area contributed by atoms with Crippen LogP contribution >= 0.6 is 0 Å². The Bertz CT molecular complexity index is 929. The van der Waals surface area contributed by atoms with Crippen molar-refractivity contribution >= 4 is 10.9 Å². The van der Waals surface area contributed by atoms with Crippen molar-refractivity contribution in [2.24, 2.45) is 0 Å². The minimum atomic E-state index is -0.821. The highest BCUT2D eigenvalue weighted by Gasteiger charge is 2.46. The van der Waals surface area contributed by atoms with E-state index in [1.165, 1.54) is 5.56 Å². The number of ether oxygens (including phenoxy) is 1. The first kappa shape index (κ1) is 16.9. The highest BCUT2D eigenvalue weighted by molar-refractivity contribution is 5.79. The van der Waals surface area contributed by atoms with Crippen molar-refractivity contribution < 1.29 is 9.84 Å². The zero-order chi connectivity index (χ0) is 18.3. The van der Waals surface area contributed by atoms with Crippen molar-refractivity contribution in [1.29, 1.82) is 0 Å². The summed E-state index contributed by atoms with van der Waals surface area (Å²) in [5.74, 6) is 0. The SMILES string of the molecule is OC1(c2ccc3cccnc3c2)CC2COCC(C1)N2Cc1ccccc1. The maximum atomic E-state index is 11.6. The molecule has 2 saturated heterocycles. The summed E-state index contributed by atoms with van der Waals surface area (Å²) < 4.78 is 5.84. The lowest BCUT2D eigenvalue weighted by molar-refractivity contribution is -0.149. The molecule has 1 aromatic heterocycles. The zero-order valence-corrected chi connectivity index (χ0v) is 15.3. The van der Waals surface area contributed by atoms with Crippen molar-refractivity contribution in [3.63, 3.8) is 0 Å². The van der Waals surface area contributed by atoms with Crippen LogP contribution in [0.2, 0.25) is 0 Å². The Labute approximate surface area is 159 Å². The molecule has 4 heteroatoms. The Morgan fingerprint density at radius 2 is 1.78 bits per heavy atom. The van der Waals surface area contributed by atoms with Crippen LogP contribution in [0.15, 0.2) is 66.9 Å². The number of pyridine rings is 1. The number of hydrogen-bond donors (Lipinski definition) is 1. The lowest BCUT2D eigenvalue weighted by Gasteiger charge is -2.52. The molecule has 2 aromatic carbocycles. The zero-order valence-electron chi connectivity index (χ0n) is 15.3. The topological polar surface area (TPSA) is 45.6 Å². The molecule has 27 heavy (non-hydrogen) atoms. The summed E-state index contributed by atoms with van der Waals surface area (Å²) in [6.45, 7) is 2.27. The van der Waals surface area contributed by atoms with E-state index >= 15 is 0 Å². The highest BCUT2D eigenvalue weighted by Crippen LogP contribution is 2.42. The molecule has 3 heterocycles.